The molecule has 0 atom stereocenters. The number of halogens is 1. The molecule has 0 spiro atoms. The van der Waals surface area contributed by atoms with Crippen molar-refractivity contribution < 1.29 is 4.39 Å². The van der Waals surface area contributed by atoms with Crippen LogP contribution in [-0.2, 0) is 0 Å². The van der Waals surface area contributed by atoms with E-state index >= 15 is 0 Å². The van der Waals surface area contributed by atoms with Gasteiger partial charge in [0.2, 0.25) is 5.16 Å². The average Bonchev–Trinajstić information content (AvgIpc) is 2.09. The molecule has 0 aliphatic carbocycles. The molecule has 0 nitrogen and oxygen atoms in total. The van der Waals surface area contributed by atoms with Crippen LogP contribution in [0.15, 0.2) is 46.6 Å². The van der Waals surface area contributed by atoms with Crippen molar-refractivity contribution in [3.05, 3.63) is 47.3 Å². The van der Waals surface area contributed by atoms with Crippen LogP contribution in [0.2, 0.25) is 0 Å². The van der Waals surface area contributed by atoms with Crippen LogP contribution in [0.1, 0.15) is 5.56 Å². The third-order valence-electron chi connectivity index (χ3n) is 1.37. The highest BCUT2D eigenvalue weighted by Crippen LogP contribution is 2.26. The number of aryl methyl sites for hydroxylation is 1. The zero-order valence-electron chi connectivity index (χ0n) is 6.80. The van der Waals surface area contributed by atoms with E-state index < -0.39 is 0 Å². The lowest BCUT2D eigenvalue weighted by atomic mass is 10.2. The molecule has 0 aromatic heterocycles. The summed E-state index contributed by atoms with van der Waals surface area (Å²) >= 11 is 1.03. The Morgan fingerprint density at radius 1 is 1.42 bits per heavy atom. The topological polar surface area (TPSA) is 0 Å². The van der Waals surface area contributed by atoms with E-state index in [0.717, 1.165) is 16.7 Å². The first-order valence-electron chi connectivity index (χ1n) is 3.52. The van der Waals surface area contributed by atoms with Gasteiger partial charge in [0, 0.05) is 4.90 Å². The van der Waals surface area contributed by atoms with Crippen LogP contribution >= 0.6 is 11.8 Å². The van der Waals surface area contributed by atoms with Gasteiger partial charge in [0.1, 0.15) is 0 Å². The van der Waals surface area contributed by atoms with Crippen LogP contribution in [0.25, 0.3) is 0 Å². The molecule has 0 aliphatic heterocycles. The van der Waals surface area contributed by atoms with E-state index in [2.05, 4.69) is 12.3 Å². The van der Waals surface area contributed by atoms with Crippen molar-refractivity contribution in [2.24, 2.45) is 0 Å². The van der Waals surface area contributed by atoms with Crippen LogP contribution in [0.5, 0.6) is 0 Å². The lowest BCUT2D eigenvalue weighted by molar-refractivity contribution is 0.702. The van der Waals surface area contributed by atoms with Crippen molar-refractivity contribution in [3.8, 4) is 0 Å². The van der Waals surface area contributed by atoms with Gasteiger partial charge < -0.3 is 0 Å². The zero-order chi connectivity index (χ0) is 8.97. The zero-order valence-corrected chi connectivity index (χ0v) is 7.62. The Labute approximate surface area is 75.8 Å². The van der Waals surface area contributed by atoms with E-state index in [1.807, 2.05) is 31.2 Å². The second kappa shape index (κ2) is 4.15. The Morgan fingerprint density at radius 2 is 2.00 bits per heavy atom. The molecule has 0 radical (unpaired) electrons. The van der Waals surface area contributed by atoms with Crippen molar-refractivity contribution in [2.75, 3.05) is 0 Å². The molecule has 1 aromatic carbocycles. The number of hydrogen-bond donors (Lipinski definition) is 0. The molecule has 0 aliphatic rings. The number of benzene rings is 1. The van der Waals surface area contributed by atoms with E-state index in [-0.39, 0.29) is 5.16 Å². The van der Waals surface area contributed by atoms with Crippen molar-refractivity contribution >= 4 is 11.8 Å². The third kappa shape index (κ3) is 2.57. The molecule has 0 bridgehead atoms. The van der Waals surface area contributed by atoms with Gasteiger partial charge in [-0.25, -0.2) is 0 Å². The molecule has 1 rings (SSSR count). The standard InChI is InChI=1S/C10H9FS/c1-3-10(11)12-9-6-4-8(2)5-7-9/h4-7H,1H2,2H3. The van der Waals surface area contributed by atoms with E-state index in [1.165, 1.54) is 5.56 Å². The highest BCUT2D eigenvalue weighted by Gasteiger charge is 1.96. The molecule has 0 saturated carbocycles. The van der Waals surface area contributed by atoms with Crippen molar-refractivity contribution in [3.63, 3.8) is 0 Å². The Morgan fingerprint density at radius 3 is 2.50 bits per heavy atom. The van der Waals surface area contributed by atoms with E-state index in [4.69, 9.17) is 0 Å². The van der Waals surface area contributed by atoms with Gasteiger partial charge in [0.25, 0.3) is 0 Å². The van der Waals surface area contributed by atoms with Gasteiger partial charge in [-0.15, -0.1) is 0 Å². The third-order valence-corrected chi connectivity index (χ3v) is 2.20. The predicted octanol–water partition coefficient (Wildman–Crippen LogP) is 3.68. The summed E-state index contributed by atoms with van der Waals surface area (Å²) < 4.78 is 12.6. The normalized spacial score (nSPS) is 9.17. The van der Waals surface area contributed by atoms with E-state index in [0.29, 0.717) is 0 Å². The highest BCUT2D eigenvalue weighted by molar-refractivity contribution is 8.02. The lowest BCUT2D eigenvalue weighted by Gasteiger charge is -1.96. The number of rotatable bonds is 2. The molecule has 62 valence electrons. The summed E-state index contributed by atoms with van der Waals surface area (Å²) in [5.74, 6) is 0. The van der Waals surface area contributed by atoms with E-state index in [9.17, 15) is 4.39 Å². The minimum atomic E-state index is -0.390. The van der Waals surface area contributed by atoms with Gasteiger partial charge in [-0.2, -0.15) is 4.39 Å². The molecule has 0 unspecified atom stereocenters. The first-order chi connectivity index (χ1) is 5.72. The van der Waals surface area contributed by atoms with Gasteiger partial charge in [-0.1, -0.05) is 41.8 Å². The molecule has 2 heteroatoms. The first kappa shape index (κ1) is 9.11. The number of thioether (sulfide) groups is 1. The van der Waals surface area contributed by atoms with Crippen molar-refractivity contribution in [1.82, 2.24) is 0 Å². The molecular formula is C10H9FS. The van der Waals surface area contributed by atoms with Gasteiger partial charge in [0.05, 0.1) is 0 Å². The molecule has 1 aromatic rings. The molecule has 0 saturated heterocycles. The largest absolute Gasteiger partial charge is 0.203 e. The maximum atomic E-state index is 12.6. The second-order valence-corrected chi connectivity index (χ2v) is 3.40. The molecule has 0 amide bonds. The first-order valence-corrected chi connectivity index (χ1v) is 4.34. The summed E-state index contributed by atoms with van der Waals surface area (Å²) in [6.45, 7) is 5.21. The Kier molecular flexibility index (Phi) is 3.15. The molecule has 0 heterocycles. The highest BCUT2D eigenvalue weighted by atomic mass is 32.2. The molecule has 0 fully saturated rings. The van der Waals surface area contributed by atoms with Crippen LogP contribution in [-0.4, -0.2) is 0 Å². The average molecular weight is 180 g/mol. The summed E-state index contributed by atoms with van der Waals surface area (Å²) in [5.41, 5.74) is 3.36. The van der Waals surface area contributed by atoms with Crippen LogP contribution in [0.4, 0.5) is 4.39 Å². The number of hydrogen-bond acceptors (Lipinski definition) is 1. The van der Waals surface area contributed by atoms with Gasteiger partial charge in [0.15, 0.2) is 0 Å². The quantitative estimate of drug-likeness (QED) is 0.494. The van der Waals surface area contributed by atoms with Crippen molar-refractivity contribution in [1.29, 1.82) is 0 Å². The van der Waals surface area contributed by atoms with Gasteiger partial charge >= 0.3 is 0 Å². The second-order valence-electron chi connectivity index (χ2n) is 2.37. The minimum Gasteiger partial charge on any atom is -0.190 e. The maximum Gasteiger partial charge on any atom is 0.203 e. The molecule has 12 heavy (non-hydrogen) atoms. The van der Waals surface area contributed by atoms with Gasteiger partial charge in [-0.05, 0) is 19.1 Å². The Bertz CT molecular complexity index is 307. The lowest BCUT2D eigenvalue weighted by Crippen LogP contribution is -1.72. The van der Waals surface area contributed by atoms with Crippen LogP contribution in [0, 0.1) is 6.92 Å². The monoisotopic (exact) mass is 180 g/mol. The molecular weight excluding hydrogens is 171 g/mol. The summed E-state index contributed by atoms with van der Waals surface area (Å²) in [6, 6.07) is 7.63. The fraction of sp³-hybridized carbons (Fsp3) is 0.100. The summed E-state index contributed by atoms with van der Waals surface area (Å²) in [4.78, 5) is 0.870. The summed E-state index contributed by atoms with van der Waals surface area (Å²) in [5, 5.41) is -0.390. The van der Waals surface area contributed by atoms with E-state index in [1.54, 1.807) is 0 Å². The fourth-order valence-electron chi connectivity index (χ4n) is 0.746. The summed E-state index contributed by atoms with van der Waals surface area (Å²) in [6.07, 6.45) is 0. The Balaban J connectivity index is 2.78. The molecule has 0 N–H and O–H groups in total. The predicted molar refractivity (Wildman–Crippen MR) is 50.8 cm³/mol. The van der Waals surface area contributed by atoms with Crippen LogP contribution in [0.3, 0.4) is 0 Å². The van der Waals surface area contributed by atoms with Gasteiger partial charge in [-0.3, -0.25) is 0 Å². The smallest absolute Gasteiger partial charge is 0.190 e. The SMILES string of the molecule is C=C=C(F)Sc1ccc(C)cc1. The van der Waals surface area contributed by atoms with Crippen LogP contribution < -0.4 is 0 Å². The Hall–Kier alpha value is -0.980. The minimum absolute atomic E-state index is 0.390. The summed E-state index contributed by atoms with van der Waals surface area (Å²) in [7, 11) is 0. The fourth-order valence-corrected chi connectivity index (χ4v) is 1.30. The van der Waals surface area contributed by atoms with Crippen molar-refractivity contribution in [2.45, 2.75) is 11.8 Å². The maximum absolute atomic E-state index is 12.6.